The normalized spacial score (nSPS) is 27.7. The Morgan fingerprint density at radius 3 is 2.44 bits per heavy atom. The number of aliphatic hydroxyl groups excluding tert-OH is 3. The molecule has 3 saturated carbocycles. The molecule has 85 heavy (non-hydrogen) atoms. The van der Waals surface area contributed by atoms with Crippen LogP contribution in [0.25, 0.3) is 17.0 Å². The smallest absolute Gasteiger partial charge is 0.340 e. The fourth-order valence-electron chi connectivity index (χ4n) is 16.9. The van der Waals surface area contributed by atoms with Crippen molar-refractivity contribution in [3.8, 4) is 17.6 Å². The Kier molecular flexibility index (Phi) is 16.1. The summed E-state index contributed by atoms with van der Waals surface area (Å²) < 4.78 is 34.0. The van der Waals surface area contributed by atoms with Gasteiger partial charge in [0.15, 0.2) is 17.8 Å². The molecule has 0 spiro atoms. The van der Waals surface area contributed by atoms with Crippen LogP contribution in [-0.4, -0.2) is 65.9 Å². The monoisotopic (exact) mass is 1140 g/mol. The molecule has 11 nitrogen and oxygen atoms in total. The molecule has 4 aliphatic carbocycles. The standard InChI is InChI=1S/C74H78O11/c1-45(42-76)57-26-21-46-22-27-59-50(36-46)15-9-12-34-74(56-39-51-24-23-47-14-7-8-20-58(47)62(51)41-56)70(84-71(57)79)69(67-64(85-74)30-29-61-63(43-77)66(72(80)83-68(61)67)52(31-35-75)44-81-2)82-65(78)40-53-37-49(25-28-60(53)59)48-16-13-19-55(38-48)73(32-10-4-11-33-73)54-17-5-3-6-18-54/h3,5-8,13-14,16-20,22-24,27,29-30,36,38,49,51-53,56,60,62,69-70,75-77H,4,10-11,15,21,25-26,28,31-35,37,39-44H2,1-2H3. The van der Waals surface area contributed by atoms with Gasteiger partial charge in [-0.25, -0.2) is 9.59 Å². The molecule has 440 valence electrons. The van der Waals surface area contributed by atoms with Gasteiger partial charge in [-0.3, -0.25) is 4.79 Å². The van der Waals surface area contributed by atoms with Crippen molar-refractivity contribution >= 4 is 29.0 Å². The van der Waals surface area contributed by atoms with Crippen LogP contribution in [0.5, 0.6) is 5.75 Å². The third-order valence-electron chi connectivity index (χ3n) is 21.1. The number of aliphatic hydroxyl groups is 3. The number of allylic oxidation sites excluding steroid dienone is 1. The predicted octanol–water partition coefficient (Wildman–Crippen LogP) is 13.1. The maximum absolute atomic E-state index is 15.9. The fourth-order valence-corrected chi connectivity index (χ4v) is 16.9. The molecule has 13 rings (SSSR count). The molecule has 4 heterocycles. The Morgan fingerprint density at radius 2 is 1.62 bits per heavy atom. The summed E-state index contributed by atoms with van der Waals surface area (Å²) in [5.74, 6) is 5.70. The van der Waals surface area contributed by atoms with Gasteiger partial charge in [0, 0.05) is 60.3 Å². The molecule has 5 bridgehead atoms. The van der Waals surface area contributed by atoms with Gasteiger partial charge in [-0.15, -0.1) is 0 Å². The lowest BCUT2D eigenvalue weighted by molar-refractivity contribution is -0.202. The lowest BCUT2D eigenvalue weighted by Gasteiger charge is -2.49. The van der Waals surface area contributed by atoms with Crippen LogP contribution >= 0.6 is 0 Å². The molecule has 7 aliphatic rings. The maximum atomic E-state index is 15.9. The summed E-state index contributed by atoms with van der Waals surface area (Å²) in [5, 5.41) is 32.7. The van der Waals surface area contributed by atoms with E-state index in [1.807, 2.05) is 0 Å². The molecular weight excluding hydrogens is 1060 g/mol. The summed E-state index contributed by atoms with van der Waals surface area (Å²) in [6.45, 7) is 0.658. The van der Waals surface area contributed by atoms with Crippen LogP contribution in [0.3, 0.4) is 0 Å². The van der Waals surface area contributed by atoms with Gasteiger partial charge in [0.25, 0.3) is 0 Å². The number of methoxy groups -OCH3 is 1. The van der Waals surface area contributed by atoms with Gasteiger partial charge in [0.05, 0.1) is 31.8 Å². The molecule has 3 aliphatic heterocycles. The van der Waals surface area contributed by atoms with Crippen molar-refractivity contribution in [1.82, 2.24) is 0 Å². The maximum Gasteiger partial charge on any atom is 0.340 e. The Bertz CT molecular complexity index is 3700. The van der Waals surface area contributed by atoms with Crippen LogP contribution in [0, 0.1) is 29.6 Å². The first kappa shape index (κ1) is 57.0. The third kappa shape index (κ3) is 10.4. The van der Waals surface area contributed by atoms with Gasteiger partial charge in [-0.1, -0.05) is 140 Å². The van der Waals surface area contributed by atoms with Gasteiger partial charge in [-0.05, 0) is 168 Å². The zero-order valence-corrected chi connectivity index (χ0v) is 49.0. The number of fused-ring (bicyclic) bond motifs is 12. The quantitative estimate of drug-likeness (QED) is 0.0490. The van der Waals surface area contributed by atoms with Crippen molar-refractivity contribution in [1.29, 1.82) is 0 Å². The van der Waals surface area contributed by atoms with E-state index >= 15 is 9.59 Å². The van der Waals surface area contributed by atoms with Crippen LogP contribution in [0.2, 0.25) is 0 Å². The van der Waals surface area contributed by atoms with Crippen LogP contribution in [0.15, 0.2) is 136 Å². The number of carbonyl (C=O) groups is 2. The van der Waals surface area contributed by atoms with Crippen LogP contribution in [0.1, 0.15) is 188 Å². The van der Waals surface area contributed by atoms with Gasteiger partial charge in [0.2, 0.25) is 0 Å². The average Bonchev–Trinajstić information content (AvgIpc) is 2.21. The largest absolute Gasteiger partial charge is 0.481 e. The van der Waals surface area contributed by atoms with Crippen molar-refractivity contribution in [2.45, 2.75) is 163 Å². The Hall–Kier alpha value is -7.07. The molecule has 0 radical (unpaired) electrons. The summed E-state index contributed by atoms with van der Waals surface area (Å²) in [6, 6.07) is 39.0. The Balaban J connectivity index is 0.994. The second-order valence-corrected chi connectivity index (χ2v) is 25.6. The number of aryl methyl sites for hydroxylation is 1. The number of rotatable bonds is 11. The van der Waals surface area contributed by atoms with Gasteiger partial charge >= 0.3 is 17.6 Å². The first-order valence-electron chi connectivity index (χ1n) is 31.3. The van der Waals surface area contributed by atoms with Crippen LogP contribution in [0.4, 0.5) is 0 Å². The van der Waals surface area contributed by atoms with Gasteiger partial charge in [-0.2, -0.15) is 0 Å². The van der Waals surface area contributed by atoms with Gasteiger partial charge < -0.3 is 38.7 Å². The Morgan fingerprint density at radius 1 is 0.800 bits per heavy atom. The molecule has 5 aromatic carbocycles. The van der Waals surface area contributed by atoms with Crippen LogP contribution in [-0.2, 0) is 48.7 Å². The van der Waals surface area contributed by atoms with E-state index in [0.717, 1.165) is 48.8 Å². The van der Waals surface area contributed by atoms with Gasteiger partial charge in [0.1, 0.15) is 11.3 Å². The van der Waals surface area contributed by atoms with E-state index in [1.165, 1.54) is 54.2 Å². The van der Waals surface area contributed by atoms with E-state index in [9.17, 15) is 20.1 Å². The SMILES string of the molecule is COCC(CCO)c1c(CO)c2ccc3c(c2oc1=O)C1OC(=O)CC2CC(c4cccc(C5(c6ccccc6)CCCCC5)c4)CCC2c2ccc4cc2CC#CCC(C2CC5C=Cc6ccccc6C5C2)(O3)C1OC(=O)C(=C(C)CO)CC4. The number of ether oxygens (including phenoxy) is 4. The molecule has 3 N–H and O–H groups in total. The molecule has 6 aromatic rings. The average molecular weight is 1140 g/mol. The van der Waals surface area contributed by atoms with E-state index in [1.54, 1.807) is 19.1 Å². The number of benzene rings is 5. The molecule has 0 saturated heterocycles. The molecule has 3 fully saturated rings. The lowest BCUT2D eigenvalue weighted by Crippen LogP contribution is -2.60. The van der Waals surface area contributed by atoms with Crippen molar-refractivity contribution in [2.24, 2.45) is 17.8 Å². The van der Waals surface area contributed by atoms with Crippen molar-refractivity contribution in [2.75, 3.05) is 26.9 Å². The summed E-state index contributed by atoms with van der Waals surface area (Å²) in [7, 11) is 1.52. The van der Waals surface area contributed by atoms with E-state index in [0.29, 0.717) is 48.0 Å². The van der Waals surface area contributed by atoms with Crippen molar-refractivity contribution in [3.05, 3.63) is 198 Å². The van der Waals surface area contributed by atoms with Crippen LogP contribution < -0.4 is 10.4 Å². The highest BCUT2D eigenvalue weighted by atomic mass is 16.6. The molecule has 1 aromatic heterocycles. The number of esters is 2. The number of hydrogen-bond donors (Lipinski definition) is 3. The summed E-state index contributed by atoms with van der Waals surface area (Å²) in [6.07, 6.45) is 12.8. The minimum absolute atomic E-state index is 0.00872. The van der Waals surface area contributed by atoms with E-state index in [2.05, 4.69) is 121 Å². The highest BCUT2D eigenvalue weighted by molar-refractivity contribution is 5.90. The minimum atomic E-state index is -1.44. The van der Waals surface area contributed by atoms with E-state index in [4.69, 9.17) is 23.4 Å². The van der Waals surface area contributed by atoms with Crippen molar-refractivity contribution in [3.63, 3.8) is 0 Å². The minimum Gasteiger partial charge on any atom is -0.481 e. The number of hydrogen-bond acceptors (Lipinski definition) is 11. The first-order chi connectivity index (χ1) is 41.5. The molecular formula is C74H78O11. The second kappa shape index (κ2) is 24.0. The first-order valence-corrected chi connectivity index (χ1v) is 31.3. The third-order valence-corrected chi connectivity index (χ3v) is 21.1. The highest BCUT2D eigenvalue weighted by Gasteiger charge is 2.61. The fraction of sp³-hybridized carbons (Fsp3) is 0.446. The molecule has 10 unspecified atom stereocenters. The number of carbonyl (C=O) groups excluding carboxylic acids is 2. The molecule has 0 amide bonds. The summed E-state index contributed by atoms with van der Waals surface area (Å²) in [4.78, 5) is 46.3. The predicted molar refractivity (Wildman–Crippen MR) is 326 cm³/mol. The van der Waals surface area contributed by atoms with Crippen molar-refractivity contribution < 1.29 is 48.3 Å². The van der Waals surface area contributed by atoms with E-state index < -0.39 is 47.9 Å². The lowest BCUT2D eigenvalue weighted by atomic mass is 9.64. The Labute approximate surface area is 498 Å². The zero-order chi connectivity index (χ0) is 58.4. The summed E-state index contributed by atoms with van der Waals surface area (Å²) >= 11 is 0. The second-order valence-electron chi connectivity index (χ2n) is 25.6. The zero-order valence-electron chi connectivity index (χ0n) is 49.0. The highest BCUT2D eigenvalue weighted by Crippen LogP contribution is 2.59. The molecule has 10 atom stereocenters. The topological polar surface area (TPSA) is 162 Å². The van der Waals surface area contributed by atoms with E-state index in [-0.39, 0.29) is 109 Å². The summed E-state index contributed by atoms with van der Waals surface area (Å²) in [5.41, 5.74) is 8.96. The molecule has 11 heteroatoms.